The molecule has 94 valence electrons. The fourth-order valence-electron chi connectivity index (χ4n) is 2.13. The summed E-state index contributed by atoms with van der Waals surface area (Å²) in [4.78, 5) is 4.06. The average molecular weight is 240 g/mol. The van der Waals surface area contributed by atoms with Crippen LogP contribution in [0.25, 0.3) is 0 Å². The lowest BCUT2D eigenvalue weighted by Gasteiger charge is -2.16. The molecule has 1 heterocycles. The fourth-order valence-corrected chi connectivity index (χ4v) is 2.13. The molecule has 1 N–H and O–H groups in total. The molecule has 1 aromatic heterocycles. The molecular formula is C16H20N2. The zero-order valence-corrected chi connectivity index (χ0v) is 11.1. The van der Waals surface area contributed by atoms with Gasteiger partial charge in [0, 0.05) is 18.4 Å². The van der Waals surface area contributed by atoms with Crippen LogP contribution in [-0.4, -0.2) is 12.0 Å². The molecule has 0 saturated carbocycles. The van der Waals surface area contributed by atoms with Crippen LogP contribution in [0.5, 0.6) is 0 Å². The summed E-state index contributed by atoms with van der Waals surface area (Å²) in [7, 11) is 2.01. The lowest BCUT2D eigenvalue weighted by atomic mass is 9.99. The van der Waals surface area contributed by atoms with Crippen LogP contribution in [0.15, 0.2) is 48.8 Å². The van der Waals surface area contributed by atoms with Gasteiger partial charge in [0.2, 0.25) is 0 Å². The van der Waals surface area contributed by atoms with Gasteiger partial charge >= 0.3 is 0 Å². The molecule has 1 atom stereocenters. The van der Waals surface area contributed by atoms with Crippen molar-refractivity contribution >= 4 is 0 Å². The number of aryl methyl sites for hydroxylation is 1. The number of benzene rings is 1. The van der Waals surface area contributed by atoms with Crippen LogP contribution in [0.1, 0.15) is 29.7 Å². The van der Waals surface area contributed by atoms with Crippen molar-refractivity contribution in [1.82, 2.24) is 10.3 Å². The second-order valence-corrected chi connectivity index (χ2v) is 4.50. The van der Waals surface area contributed by atoms with Gasteiger partial charge in [-0.15, -0.1) is 0 Å². The number of nitrogens with zero attached hydrogens (tertiary/aromatic N) is 1. The predicted octanol–water partition coefficient (Wildman–Crippen LogP) is 3.15. The summed E-state index contributed by atoms with van der Waals surface area (Å²) in [6.07, 6.45) is 5.80. The maximum Gasteiger partial charge on any atom is 0.0359 e. The highest BCUT2D eigenvalue weighted by atomic mass is 14.9. The van der Waals surface area contributed by atoms with Crippen LogP contribution in [-0.2, 0) is 12.8 Å². The molecule has 0 amide bonds. The summed E-state index contributed by atoms with van der Waals surface area (Å²) in [5, 5.41) is 3.37. The lowest BCUT2D eigenvalue weighted by molar-refractivity contribution is 0.591. The molecule has 2 heteroatoms. The second-order valence-electron chi connectivity index (χ2n) is 4.50. The van der Waals surface area contributed by atoms with Crippen LogP contribution in [0, 0.1) is 0 Å². The van der Waals surface area contributed by atoms with Crippen LogP contribution in [0.4, 0.5) is 0 Å². The first kappa shape index (κ1) is 12.8. The van der Waals surface area contributed by atoms with Crippen molar-refractivity contribution < 1.29 is 0 Å². The van der Waals surface area contributed by atoms with Gasteiger partial charge in [-0.2, -0.15) is 0 Å². The van der Waals surface area contributed by atoms with Crippen LogP contribution in [0.3, 0.4) is 0 Å². The minimum absolute atomic E-state index is 0.348. The standard InChI is InChI=1S/C16H20N2/c1-3-13-4-6-14(7-5-13)12-16(17-2)15-8-10-18-11-9-15/h4-11,16-17H,3,12H2,1-2H3. The van der Waals surface area contributed by atoms with Gasteiger partial charge < -0.3 is 5.32 Å². The minimum Gasteiger partial charge on any atom is -0.313 e. The first-order valence-electron chi connectivity index (χ1n) is 6.48. The molecule has 1 unspecified atom stereocenters. The Bertz CT molecular complexity index is 462. The highest BCUT2D eigenvalue weighted by Gasteiger charge is 2.09. The fraction of sp³-hybridized carbons (Fsp3) is 0.312. The van der Waals surface area contributed by atoms with Crippen molar-refractivity contribution in [2.75, 3.05) is 7.05 Å². The van der Waals surface area contributed by atoms with E-state index in [1.165, 1.54) is 16.7 Å². The Morgan fingerprint density at radius 2 is 1.61 bits per heavy atom. The highest BCUT2D eigenvalue weighted by Crippen LogP contribution is 2.17. The third-order valence-corrected chi connectivity index (χ3v) is 3.33. The third-order valence-electron chi connectivity index (χ3n) is 3.33. The maximum atomic E-state index is 4.06. The monoisotopic (exact) mass is 240 g/mol. The number of nitrogens with one attached hydrogen (secondary N) is 1. The quantitative estimate of drug-likeness (QED) is 0.868. The summed E-state index contributed by atoms with van der Waals surface area (Å²) in [5.41, 5.74) is 4.04. The largest absolute Gasteiger partial charge is 0.313 e. The summed E-state index contributed by atoms with van der Waals surface area (Å²) in [6.45, 7) is 2.18. The molecule has 2 rings (SSSR count). The van der Waals surface area contributed by atoms with Crippen molar-refractivity contribution in [3.8, 4) is 0 Å². The molecule has 2 aromatic rings. The van der Waals surface area contributed by atoms with Gasteiger partial charge in [-0.1, -0.05) is 31.2 Å². The van der Waals surface area contributed by atoms with Gasteiger partial charge in [-0.25, -0.2) is 0 Å². The molecule has 0 saturated heterocycles. The normalized spacial score (nSPS) is 12.3. The van der Waals surface area contributed by atoms with E-state index in [1.807, 2.05) is 19.4 Å². The number of hydrogen-bond donors (Lipinski definition) is 1. The first-order chi connectivity index (χ1) is 8.83. The SMILES string of the molecule is CCc1ccc(CC(NC)c2ccncc2)cc1. The predicted molar refractivity (Wildman–Crippen MR) is 75.6 cm³/mol. The van der Waals surface area contributed by atoms with Gasteiger partial charge in [-0.05, 0) is 48.7 Å². The summed E-state index contributed by atoms with van der Waals surface area (Å²) >= 11 is 0. The smallest absolute Gasteiger partial charge is 0.0359 e. The molecule has 0 fully saturated rings. The minimum atomic E-state index is 0.348. The van der Waals surface area contributed by atoms with E-state index < -0.39 is 0 Å². The molecule has 0 aliphatic heterocycles. The van der Waals surface area contributed by atoms with Gasteiger partial charge in [0.05, 0.1) is 0 Å². The molecule has 1 aromatic carbocycles. The van der Waals surface area contributed by atoms with Gasteiger partial charge in [-0.3, -0.25) is 4.98 Å². The van der Waals surface area contributed by atoms with E-state index in [1.54, 1.807) is 0 Å². The molecule has 18 heavy (non-hydrogen) atoms. The topological polar surface area (TPSA) is 24.9 Å². The van der Waals surface area contributed by atoms with E-state index in [2.05, 4.69) is 53.6 Å². The molecule has 2 nitrogen and oxygen atoms in total. The van der Waals surface area contributed by atoms with Crippen molar-refractivity contribution in [3.63, 3.8) is 0 Å². The van der Waals surface area contributed by atoms with E-state index in [0.29, 0.717) is 6.04 Å². The Morgan fingerprint density at radius 3 is 2.17 bits per heavy atom. The third kappa shape index (κ3) is 3.17. The van der Waals surface area contributed by atoms with Crippen molar-refractivity contribution in [2.24, 2.45) is 0 Å². The number of aromatic nitrogens is 1. The van der Waals surface area contributed by atoms with E-state index in [0.717, 1.165) is 12.8 Å². The lowest BCUT2D eigenvalue weighted by Crippen LogP contribution is -2.18. The van der Waals surface area contributed by atoms with Gasteiger partial charge in [0.1, 0.15) is 0 Å². The molecule has 0 aliphatic rings. The molecule has 0 radical (unpaired) electrons. The van der Waals surface area contributed by atoms with Gasteiger partial charge in [0.15, 0.2) is 0 Å². The van der Waals surface area contributed by atoms with Crippen molar-refractivity contribution in [1.29, 1.82) is 0 Å². The number of rotatable bonds is 5. The van der Waals surface area contributed by atoms with E-state index in [4.69, 9.17) is 0 Å². The van der Waals surface area contributed by atoms with E-state index in [9.17, 15) is 0 Å². The Morgan fingerprint density at radius 1 is 1.00 bits per heavy atom. The van der Waals surface area contributed by atoms with Gasteiger partial charge in [0.25, 0.3) is 0 Å². The van der Waals surface area contributed by atoms with Crippen LogP contribution >= 0.6 is 0 Å². The van der Waals surface area contributed by atoms with Crippen LogP contribution < -0.4 is 5.32 Å². The zero-order valence-electron chi connectivity index (χ0n) is 11.1. The Labute approximate surface area is 109 Å². The van der Waals surface area contributed by atoms with Crippen molar-refractivity contribution in [2.45, 2.75) is 25.8 Å². The molecule has 0 bridgehead atoms. The average Bonchev–Trinajstić information content (AvgIpc) is 2.46. The Balaban J connectivity index is 2.10. The van der Waals surface area contributed by atoms with E-state index >= 15 is 0 Å². The Hall–Kier alpha value is -1.67. The zero-order chi connectivity index (χ0) is 12.8. The Kier molecular flexibility index (Phi) is 4.48. The van der Waals surface area contributed by atoms with Crippen LogP contribution in [0.2, 0.25) is 0 Å². The first-order valence-corrected chi connectivity index (χ1v) is 6.48. The number of pyridine rings is 1. The molecule has 0 spiro atoms. The maximum absolute atomic E-state index is 4.06. The number of likely N-dealkylation sites (N-methyl/N-ethyl adjacent to an activating group) is 1. The second kappa shape index (κ2) is 6.31. The van der Waals surface area contributed by atoms with Crippen molar-refractivity contribution in [3.05, 3.63) is 65.5 Å². The molecule has 0 aliphatic carbocycles. The van der Waals surface area contributed by atoms with E-state index in [-0.39, 0.29) is 0 Å². The molecular weight excluding hydrogens is 220 g/mol. The summed E-state index contributed by atoms with van der Waals surface area (Å²) in [5.74, 6) is 0. The number of hydrogen-bond acceptors (Lipinski definition) is 2. The summed E-state index contributed by atoms with van der Waals surface area (Å²) in [6, 6.07) is 13.4. The summed E-state index contributed by atoms with van der Waals surface area (Å²) < 4.78 is 0. The highest BCUT2D eigenvalue weighted by molar-refractivity contribution is 5.25.